The predicted molar refractivity (Wildman–Crippen MR) is 72.0 cm³/mol. The maximum atomic E-state index is 8.95. The maximum absolute atomic E-state index is 8.95. The second-order valence-corrected chi connectivity index (χ2v) is 4.90. The van der Waals surface area contributed by atoms with Gasteiger partial charge in [0.25, 0.3) is 0 Å². The van der Waals surface area contributed by atoms with Crippen LogP contribution >= 0.6 is 11.3 Å². The summed E-state index contributed by atoms with van der Waals surface area (Å²) < 4.78 is 0. The first kappa shape index (κ1) is 12.3. The van der Waals surface area contributed by atoms with Crippen molar-refractivity contribution in [1.29, 1.82) is 0 Å². The van der Waals surface area contributed by atoms with Gasteiger partial charge >= 0.3 is 0 Å². The predicted octanol–water partition coefficient (Wildman–Crippen LogP) is 2.84. The highest BCUT2D eigenvalue weighted by molar-refractivity contribution is 7.08. The van der Waals surface area contributed by atoms with E-state index in [9.17, 15) is 0 Å². The van der Waals surface area contributed by atoms with E-state index < -0.39 is 0 Å². The Morgan fingerprint density at radius 1 is 1.06 bits per heavy atom. The molecule has 2 N–H and O–H groups in total. The molecular weight excluding hydrogens is 230 g/mol. The maximum Gasteiger partial charge on any atom is 0.0681 e. The molecule has 0 amide bonds. The van der Waals surface area contributed by atoms with Crippen molar-refractivity contribution in [3.8, 4) is 0 Å². The standard InChI is InChI=1S/C14H17NOS/c1-11-9-17-10-14(11)7-15-6-12-2-4-13(8-16)5-3-12/h2-5,9-10,15-16H,6-8H2,1H3. The molecule has 0 bridgehead atoms. The first-order valence-corrected chi connectivity index (χ1v) is 6.65. The van der Waals surface area contributed by atoms with Gasteiger partial charge < -0.3 is 10.4 Å². The van der Waals surface area contributed by atoms with E-state index >= 15 is 0 Å². The van der Waals surface area contributed by atoms with Crippen molar-refractivity contribution in [2.75, 3.05) is 0 Å². The summed E-state index contributed by atoms with van der Waals surface area (Å²) >= 11 is 1.75. The molecule has 2 rings (SSSR count). The van der Waals surface area contributed by atoms with Crippen LogP contribution in [0.4, 0.5) is 0 Å². The molecule has 0 radical (unpaired) electrons. The highest BCUT2D eigenvalue weighted by Gasteiger charge is 1.99. The Kier molecular flexibility index (Phi) is 4.31. The van der Waals surface area contributed by atoms with Gasteiger partial charge in [-0.3, -0.25) is 0 Å². The smallest absolute Gasteiger partial charge is 0.0681 e. The number of aliphatic hydroxyl groups excluding tert-OH is 1. The summed E-state index contributed by atoms with van der Waals surface area (Å²) in [5.74, 6) is 0. The number of nitrogens with one attached hydrogen (secondary N) is 1. The first-order valence-electron chi connectivity index (χ1n) is 5.70. The second-order valence-electron chi connectivity index (χ2n) is 4.16. The molecule has 1 heterocycles. The van der Waals surface area contributed by atoms with Crippen molar-refractivity contribution in [2.24, 2.45) is 0 Å². The van der Waals surface area contributed by atoms with Gasteiger partial charge in [0.15, 0.2) is 0 Å². The zero-order valence-corrected chi connectivity index (χ0v) is 10.8. The van der Waals surface area contributed by atoms with Crippen LogP contribution in [0.15, 0.2) is 35.0 Å². The number of benzene rings is 1. The molecule has 0 aliphatic rings. The van der Waals surface area contributed by atoms with E-state index in [0.29, 0.717) is 0 Å². The van der Waals surface area contributed by atoms with E-state index in [1.165, 1.54) is 16.7 Å². The molecule has 0 aliphatic carbocycles. The lowest BCUT2D eigenvalue weighted by Gasteiger charge is -2.05. The van der Waals surface area contributed by atoms with E-state index in [0.717, 1.165) is 18.7 Å². The summed E-state index contributed by atoms with van der Waals surface area (Å²) in [5, 5.41) is 16.7. The van der Waals surface area contributed by atoms with Crippen LogP contribution in [0.3, 0.4) is 0 Å². The molecule has 0 atom stereocenters. The van der Waals surface area contributed by atoms with Crippen molar-refractivity contribution in [3.05, 3.63) is 57.3 Å². The van der Waals surface area contributed by atoms with Gasteiger partial charge in [-0.25, -0.2) is 0 Å². The van der Waals surface area contributed by atoms with Crippen molar-refractivity contribution in [2.45, 2.75) is 26.6 Å². The van der Waals surface area contributed by atoms with Crippen LogP contribution in [-0.4, -0.2) is 5.11 Å². The average Bonchev–Trinajstić information content (AvgIpc) is 2.76. The van der Waals surface area contributed by atoms with Crippen LogP contribution in [-0.2, 0) is 19.7 Å². The highest BCUT2D eigenvalue weighted by Crippen LogP contribution is 2.13. The van der Waals surface area contributed by atoms with E-state index in [1.54, 1.807) is 11.3 Å². The lowest BCUT2D eigenvalue weighted by molar-refractivity contribution is 0.282. The SMILES string of the molecule is Cc1cscc1CNCc1ccc(CO)cc1. The fourth-order valence-corrected chi connectivity index (χ4v) is 2.53. The Balaban J connectivity index is 1.83. The summed E-state index contributed by atoms with van der Waals surface area (Å²) in [5.41, 5.74) is 4.94. The van der Waals surface area contributed by atoms with E-state index in [4.69, 9.17) is 5.11 Å². The molecule has 0 spiro atoms. The molecule has 1 aromatic carbocycles. The van der Waals surface area contributed by atoms with Gasteiger partial charge in [-0.15, -0.1) is 0 Å². The van der Waals surface area contributed by atoms with Crippen LogP contribution in [0.25, 0.3) is 0 Å². The third-order valence-electron chi connectivity index (χ3n) is 2.81. The highest BCUT2D eigenvalue weighted by atomic mass is 32.1. The average molecular weight is 247 g/mol. The quantitative estimate of drug-likeness (QED) is 0.851. The third kappa shape index (κ3) is 3.40. The van der Waals surface area contributed by atoms with Crippen molar-refractivity contribution >= 4 is 11.3 Å². The van der Waals surface area contributed by atoms with E-state index in [-0.39, 0.29) is 6.61 Å². The zero-order chi connectivity index (χ0) is 12.1. The zero-order valence-electron chi connectivity index (χ0n) is 9.94. The Bertz CT molecular complexity index is 461. The fraction of sp³-hybridized carbons (Fsp3) is 0.286. The molecule has 0 saturated heterocycles. The molecule has 1 aromatic heterocycles. The van der Waals surface area contributed by atoms with Crippen LogP contribution in [0.1, 0.15) is 22.3 Å². The lowest BCUT2D eigenvalue weighted by Crippen LogP contribution is -2.12. The Labute approximate surface area is 106 Å². The van der Waals surface area contributed by atoms with Gasteiger partial charge in [-0.1, -0.05) is 24.3 Å². The molecule has 3 heteroatoms. The molecule has 2 nitrogen and oxygen atoms in total. The third-order valence-corrected chi connectivity index (χ3v) is 3.72. The fourth-order valence-electron chi connectivity index (χ4n) is 1.67. The minimum absolute atomic E-state index is 0.113. The second kappa shape index (κ2) is 5.96. The minimum Gasteiger partial charge on any atom is -0.392 e. The molecular formula is C14H17NOS. The van der Waals surface area contributed by atoms with Gasteiger partial charge in [-0.05, 0) is 39.9 Å². The monoisotopic (exact) mass is 247 g/mol. The molecule has 90 valence electrons. The summed E-state index contributed by atoms with van der Waals surface area (Å²) in [7, 11) is 0. The van der Waals surface area contributed by atoms with Crippen LogP contribution in [0.2, 0.25) is 0 Å². The number of aryl methyl sites for hydroxylation is 1. The van der Waals surface area contributed by atoms with E-state index in [1.807, 2.05) is 12.1 Å². The molecule has 2 aromatic rings. The number of hydrogen-bond acceptors (Lipinski definition) is 3. The van der Waals surface area contributed by atoms with Gasteiger partial charge in [0, 0.05) is 13.1 Å². The van der Waals surface area contributed by atoms with Gasteiger partial charge in [-0.2, -0.15) is 11.3 Å². The molecule has 0 unspecified atom stereocenters. The van der Waals surface area contributed by atoms with Crippen molar-refractivity contribution in [3.63, 3.8) is 0 Å². The summed E-state index contributed by atoms with van der Waals surface area (Å²) in [6.45, 7) is 4.03. The van der Waals surface area contributed by atoms with Gasteiger partial charge in [0.1, 0.15) is 0 Å². The lowest BCUT2D eigenvalue weighted by atomic mass is 10.1. The number of rotatable bonds is 5. The van der Waals surface area contributed by atoms with Crippen molar-refractivity contribution in [1.82, 2.24) is 5.32 Å². The summed E-state index contributed by atoms with van der Waals surface area (Å²) in [4.78, 5) is 0. The number of hydrogen-bond donors (Lipinski definition) is 2. The topological polar surface area (TPSA) is 32.3 Å². The van der Waals surface area contributed by atoms with Gasteiger partial charge in [0.2, 0.25) is 0 Å². The summed E-state index contributed by atoms with van der Waals surface area (Å²) in [6, 6.07) is 8.04. The van der Waals surface area contributed by atoms with E-state index in [2.05, 4.69) is 35.1 Å². The van der Waals surface area contributed by atoms with Crippen LogP contribution in [0.5, 0.6) is 0 Å². The van der Waals surface area contributed by atoms with Crippen LogP contribution < -0.4 is 5.32 Å². The minimum atomic E-state index is 0.113. The first-order chi connectivity index (χ1) is 8.29. The molecule has 0 fully saturated rings. The molecule has 17 heavy (non-hydrogen) atoms. The van der Waals surface area contributed by atoms with Gasteiger partial charge in [0.05, 0.1) is 6.61 Å². The largest absolute Gasteiger partial charge is 0.392 e. The molecule has 0 aliphatic heterocycles. The Hall–Kier alpha value is -1.16. The van der Waals surface area contributed by atoms with Crippen molar-refractivity contribution < 1.29 is 5.11 Å². The van der Waals surface area contributed by atoms with Crippen LogP contribution in [0, 0.1) is 6.92 Å². The number of thiophene rings is 1. The Morgan fingerprint density at radius 2 is 1.76 bits per heavy atom. The molecule has 0 saturated carbocycles. The summed E-state index contributed by atoms with van der Waals surface area (Å²) in [6.07, 6.45) is 0. The number of aliphatic hydroxyl groups is 1. The normalized spacial score (nSPS) is 10.7. The Morgan fingerprint density at radius 3 is 2.35 bits per heavy atom.